The monoisotopic (exact) mass is 262 g/mol. The molecule has 18 heavy (non-hydrogen) atoms. The van der Waals surface area contributed by atoms with Gasteiger partial charge >= 0.3 is 0 Å². The second kappa shape index (κ2) is 6.56. The van der Waals surface area contributed by atoms with Crippen LogP contribution in [-0.4, -0.2) is 21.5 Å². The first kappa shape index (κ1) is 13.1. The number of aromatic nitrogens is 3. The standard InChI is InChI=1S/C13H18N4S/c1-3-4-15-12(5-11-8-14-9-18-11)13-16-6-10(2)7-17-13/h6-9,12,15H,3-5H2,1-2H3. The highest BCUT2D eigenvalue weighted by molar-refractivity contribution is 7.09. The highest BCUT2D eigenvalue weighted by atomic mass is 32.1. The van der Waals surface area contributed by atoms with Gasteiger partial charge in [0, 0.05) is 29.9 Å². The number of nitrogens with zero attached hydrogens (tertiary/aromatic N) is 3. The molecule has 96 valence electrons. The third-order valence-electron chi connectivity index (χ3n) is 2.64. The van der Waals surface area contributed by atoms with Crippen LogP contribution in [0, 0.1) is 6.92 Å². The lowest BCUT2D eigenvalue weighted by molar-refractivity contribution is 0.506. The molecule has 0 fully saturated rings. The SMILES string of the molecule is CCCNC(Cc1cncs1)c1ncc(C)cn1. The normalized spacial score (nSPS) is 12.6. The molecule has 1 atom stereocenters. The van der Waals surface area contributed by atoms with E-state index in [1.54, 1.807) is 11.3 Å². The molecule has 0 bridgehead atoms. The Morgan fingerprint density at radius 2 is 2.06 bits per heavy atom. The summed E-state index contributed by atoms with van der Waals surface area (Å²) in [6.07, 6.45) is 7.66. The third kappa shape index (κ3) is 3.58. The zero-order valence-corrected chi connectivity index (χ0v) is 11.6. The molecule has 4 nitrogen and oxygen atoms in total. The van der Waals surface area contributed by atoms with E-state index in [0.717, 1.165) is 30.8 Å². The van der Waals surface area contributed by atoms with Gasteiger partial charge in [-0.25, -0.2) is 9.97 Å². The van der Waals surface area contributed by atoms with Gasteiger partial charge in [-0.15, -0.1) is 11.3 Å². The maximum Gasteiger partial charge on any atom is 0.145 e. The molecule has 0 aliphatic heterocycles. The van der Waals surface area contributed by atoms with Crippen molar-refractivity contribution in [2.75, 3.05) is 6.54 Å². The van der Waals surface area contributed by atoms with Crippen molar-refractivity contribution in [1.29, 1.82) is 0 Å². The first-order valence-corrected chi connectivity index (χ1v) is 7.07. The Balaban J connectivity index is 2.11. The first-order valence-electron chi connectivity index (χ1n) is 6.19. The Hall–Kier alpha value is -1.33. The third-order valence-corrected chi connectivity index (χ3v) is 3.44. The number of aryl methyl sites for hydroxylation is 1. The van der Waals surface area contributed by atoms with Gasteiger partial charge in [0.25, 0.3) is 0 Å². The van der Waals surface area contributed by atoms with Crippen molar-refractivity contribution >= 4 is 11.3 Å². The van der Waals surface area contributed by atoms with E-state index in [9.17, 15) is 0 Å². The largest absolute Gasteiger partial charge is 0.307 e. The summed E-state index contributed by atoms with van der Waals surface area (Å²) < 4.78 is 0. The average molecular weight is 262 g/mol. The Morgan fingerprint density at radius 3 is 2.67 bits per heavy atom. The molecule has 2 aromatic heterocycles. The van der Waals surface area contributed by atoms with Gasteiger partial charge in [-0.2, -0.15) is 0 Å². The fourth-order valence-corrected chi connectivity index (χ4v) is 2.34. The summed E-state index contributed by atoms with van der Waals surface area (Å²) in [5, 5.41) is 3.50. The van der Waals surface area contributed by atoms with Crippen LogP contribution in [0.3, 0.4) is 0 Å². The van der Waals surface area contributed by atoms with Crippen LogP contribution in [0.4, 0.5) is 0 Å². The molecule has 0 amide bonds. The van der Waals surface area contributed by atoms with E-state index in [2.05, 4.69) is 27.2 Å². The van der Waals surface area contributed by atoms with Crippen LogP contribution in [-0.2, 0) is 6.42 Å². The lowest BCUT2D eigenvalue weighted by Gasteiger charge is -2.16. The van der Waals surface area contributed by atoms with E-state index >= 15 is 0 Å². The van der Waals surface area contributed by atoms with E-state index in [-0.39, 0.29) is 6.04 Å². The highest BCUT2D eigenvalue weighted by Crippen LogP contribution is 2.17. The van der Waals surface area contributed by atoms with Crippen LogP contribution < -0.4 is 5.32 Å². The fourth-order valence-electron chi connectivity index (χ4n) is 1.70. The Morgan fingerprint density at radius 1 is 1.28 bits per heavy atom. The maximum atomic E-state index is 4.42. The molecule has 2 heterocycles. The van der Waals surface area contributed by atoms with Crippen LogP contribution in [0.1, 0.15) is 35.7 Å². The van der Waals surface area contributed by atoms with E-state index < -0.39 is 0 Å². The average Bonchev–Trinajstić information content (AvgIpc) is 2.88. The van der Waals surface area contributed by atoms with Crippen LogP contribution >= 0.6 is 11.3 Å². The Bertz CT molecular complexity index is 452. The lowest BCUT2D eigenvalue weighted by Crippen LogP contribution is -2.25. The quantitative estimate of drug-likeness (QED) is 0.869. The van der Waals surface area contributed by atoms with Gasteiger partial charge in [-0.1, -0.05) is 6.92 Å². The van der Waals surface area contributed by atoms with E-state index in [1.165, 1.54) is 4.88 Å². The number of hydrogen-bond acceptors (Lipinski definition) is 5. The van der Waals surface area contributed by atoms with Gasteiger partial charge in [0.1, 0.15) is 5.82 Å². The number of nitrogens with one attached hydrogen (secondary N) is 1. The summed E-state index contributed by atoms with van der Waals surface area (Å²) in [4.78, 5) is 14.2. The molecule has 2 rings (SSSR count). The predicted molar refractivity (Wildman–Crippen MR) is 73.6 cm³/mol. The minimum absolute atomic E-state index is 0.172. The van der Waals surface area contributed by atoms with Crippen molar-refractivity contribution in [3.63, 3.8) is 0 Å². The van der Waals surface area contributed by atoms with Crippen molar-refractivity contribution < 1.29 is 0 Å². The molecule has 0 saturated carbocycles. The zero-order chi connectivity index (χ0) is 12.8. The second-order valence-corrected chi connectivity index (χ2v) is 5.27. The molecule has 0 spiro atoms. The van der Waals surface area contributed by atoms with E-state index in [0.29, 0.717) is 0 Å². The Labute approximate surface area is 112 Å². The van der Waals surface area contributed by atoms with Crippen LogP contribution in [0.15, 0.2) is 24.1 Å². The molecule has 0 aliphatic rings. The van der Waals surface area contributed by atoms with Crippen molar-refractivity contribution in [3.05, 3.63) is 40.4 Å². The second-order valence-electron chi connectivity index (χ2n) is 4.30. The van der Waals surface area contributed by atoms with Gasteiger partial charge in [0.15, 0.2) is 0 Å². The van der Waals surface area contributed by atoms with Crippen LogP contribution in [0.25, 0.3) is 0 Å². The minimum Gasteiger partial charge on any atom is -0.307 e. The smallest absolute Gasteiger partial charge is 0.145 e. The fraction of sp³-hybridized carbons (Fsp3) is 0.462. The summed E-state index contributed by atoms with van der Waals surface area (Å²) in [6.45, 7) is 5.13. The molecule has 0 radical (unpaired) electrons. The zero-order valence-electron chi connectivity index (χ0n) is 10.8. The highest BCUT2D eigenvalue weighted by Gasteiger charge is 2.15. The number of rotatable bonds is 6. The molecule has 0 saturated heterocycles. The molecular weight excluding hydrogens is 244 g/mol. The minimum atomic E-state index is 0.172. The number of hydrogen-bond donors (Lipinski definition) is 1. The van der Waals surface area contributed by atoms with Gasteiger partial charge in [-0.05, 0) is 25.5 Å². The van der Waals surface area contributed by atoms with Gasteiger partial charge in [0.05, 0.1) is 11.6 Å². The lowest BCUT2D eigenvalue weighted by atomic mass is 10.1. The molecule has 5 heteroatoms. The van der Waals surface area contributed by atoms with E-state index in [4.69, 9.17) is 0 Å². The summed E-state index contributed by atoms with van der Waals surface area (Å²) >= 11 is 1.68. The van der Waals surface area contributed by atoms with Crippen molar-refractivity contribution in [2.45, 2.75) is 32.7 Å². The molecule has 0 aromatic carbocycles. The molecule has 1 N–H and O–H groups in total. The number of thiazole rings is 1. The summed E-state index contributed by atoms with van der Waals surface area (Å²) in [5.74, 6) is 0.863. The summed E-state index contributed by atoms with van der Waals surface area (Å²) in [6, 6.07) is 0.172. The summed E-state index contributed by atoms with van der Waals surface area (Å²) in [5.41, 5.74) is 2.95. The maximum absolute atomic E-state index is 4.42. The van der Waals surface area contributed by atoms with Gasteiger partial charge in [0.2, 0.25) is 0 Å². The topological polar surface area (TPSA) is 50.7 Å². The van der Waals surface area contributed by atoms with Crippen molar-refractivity contribution in [1.82, 2.24) is 20.3 Å². The van der Waals surface area contributed by atoms with Gasteiger partial charge < -0.3 is 5.32 Å². The van der Waals surface area contributed by atoms with Crippen LogP contribution in [0.2, 0.25) is 0 Å². The van der Waals surface area contributed by atoms with Gasteiger partial charge in [-0.3, -0.25) is 4.98 Å². The van der Waals surface area contributed by atoms with E-state index in [1.807, 2.05) is 31.0 Å². The molecule has 1 unspecified atom stereocenters. The summed E-state index contributed by atoms with van der Waals surface area (Å²) in [7, 11) is 0. The predicted octanol–water partition coefficient (Wildman–Crippen LogP) is 2.52. The first-order chi connectivity index (χ1) is 8.79. The Kier molecular flexibility index (Phi) is 4.78. The van der Waals surface area contributed by atoms with Crippen molar-refractivity contribution in [3.8, 4) is 0 Å². The molecular formula is C13H18N4S. The molecule has 2 aromatic rings. The van der Waals surface area contributed by atoms with Crippen LogP contribution in [0.5, 0.6) is 0 Å². The van der Waals surface area contributed by atoms with Crippen molar-refractivity contribution in [2.24, 2.45) is 0 Å². The molecule has 0 aliphatic carbocycles.